The molecule has 1 saturated heterocycles. The molecule has 154 valence electrons. The SMILES string of the molecule is COc1ccc(OC(=O)C2=CCC(C)CCC2)cc1C1CCN(C)C(C)(C)C1. The van der Waals surface area contributed by atoms with E-state index in [1.165, 1.54) is 6.42 Å². The molecule has 2 unspecified atom stereocenters. The third-order valence-electron chi connectivity index (χ3n) is 6.62. The Balaban J connectivity index is 1.78. The standard InChI is InChI=1S/C24H35NO3/c1-17-7-6-8-18(10-9-17)23(26)28-20-11-12-22(27-5)21(15-20)19-13-14-25(4)24(2,3)16-19/h10-12,15,17,19H,6-9,13-14,16H2,1-5H3. The Morgan fingerprint density at radius 1 is 1.25 bits per heavy atom. The van der Waals surface area contributed by atoms with Crippen LogP contribution in [-0.4, -0.2) is 37.1 Å². The Kier molecular flexibility index (Phi) is 6.49. The highest BCUT2D eigenvalue weighted by atomic mass is 16.5. The summed E-state index contributed by atoms with van der Waals surface area (Å²) in [7, 11) is 3.90. The second kappa shape index (κ2) is 8.69. The highest BCUT2D eigenvalue weighted by Crippen LogP contribution is 2.41. The average Bonchev–Trinajstić information content (AvgIpc) is 2.88. The van der Waals surface area contributed by atoms with E-state index in [1.807, 2.05) is 18.2 Å². The molecule has 1 fully saturated rings. The van der Waals surface area contributed by atoms with Crippen LogP contribution in [0.25, 0.3) is 0 Å². The Morgan fingerprint density at radius 2 is 2.04 bits per heavy atom. The number of hydrogen-bond acceptors (Lipinski definition) is 4. The maximum Gasteiger partial charge on any atom is 0.339 e. The van der Waals surface area contributed by atoms with Crippen molar-refractivity contribution in [3.05, 3.63) is 35.4 Å². The topological polar surface area (TPSA) is 38.8 Å². The van der Waals surface area contributed by atoms with Crippen molar-refractivity contribution >= 4 is 5.97 Å². The molecule has 1 aliphatic heterocycles. The second-order valence-electron chi connectivity index (χ2n) is 9.18. The van der Waals surface area contributed by atoms with Gasteiger partial charge in [-0.1, -0.05) is 19.4 Å². The minimum absolute atomic E-state index is 0.141. The number of allylic oxidation sites excluding steroid dienone is 1. The van der Waals surface area contributed by atoms with Gasteiger partial charge >= 0.3 is 5.97 Å². The average molecular weight is 386 g/mol. The molecule has 0 aromatic heterocycles. The van der Waals surface area contributed by atoms with Gasteiger partial charge in [0, 0.05) is 16.7 Å². The largest absolute Gasteiger partial charge is 0.496 e. The van der Waals surface area contributed by atoms with Crippen LogP contribution in [0.15, 0.2) is 29.8 Å². The van der Waals surface area contributed by atoms with E-state index in [2.05, 4.69) is 38.8 Å². The summed E-state index contributed by atoms with van der Waals surface area (Å²) in [5.74, 6) is 2.35. The summed E-state index contributed by atoms with van der Waals surface area (Å²) < 4.78 is 11.4. The Labute approximate surface area is 169 Å². The van der Waals surface area contributed by atoms with Crippen LogP contribution in [0.5, 0.6) is 11.5 Å². The summed E-state index contributed by atoms with van der Waals surface area (Å²) in [6.07, 6.45) is 8.21. The maximum atomic E-state index is 12.7. The molecule has 4 nitrogen and oxygen atoms in total. The van der Waals surface area contributed by atoms with Crippen molar-refractivity contribution in [2.45, 2.75) is 70.8 Å². The number of ether oxygens (including phenoxy) is 2. The molecule has 0 amide bonds. The van der Waals surface area contributed by atoms with Gasteiger partial charge < -0.3 is 14.4 Å². The first-order chi connectivity index (χ1) is 13.3. The summed E-state index contributed by atoms with van der Waals surface area (Å²) in [6.45, 7) is 7.86. The molecule has 1 aliphatic carbocycles. The molecule has 0 radical (unpaired) electrons. The molecule has 2 aliphatic rings. The first-order valence-electron chi connectivity index (χ1n) is 10.6. The van der Waals surface area contributed by atoms with E-state index in [0.29, 0.717) is 17.6 Å². The van der Waals surface area contributed by atoms with Gasteiger partial charge in [-0.15, -0.1) is 0 Å². The van der Waals surface area contributed by atoms with Crippen molar-refractivity contribution in [3.63, 3.8) is 0 Å². The third-order valence-corrected chi connectivity index (χ3v) is 6.62. The lowest BCUT2D eigenvalue weighted by molar-refractivity contribution is -0.130. The van der Waals surface area contributed by atoms with E-state index in [1.54, 1.807) is 7.11 Å². The number of carbonyl (C=O) groups excluding carboxylic acids is 1. The Hall–Kier alpha value is -1.81. The minimum atomic E-state index is -0.200. The Bertz CT molecular complexity index is 737. The number of likely N-dealkylation sites (tertiary alicyclic amines) is 1. The highest BCUT2D eigenvalue weighted by molar-refractivity contribution is 5.90. The number of esters is 1. The smallest absolute Gasteiger partial charge is 0.339 e. The number of rotatable bonds is 4. The van der Waals surface area contributed by atoms with Gasteiger partial charge in [-0.25, -0.2) is 4.79 Å². The summed E-state index contributed by atoms with van der Waals surface area (Å²) in [4.78, 5) is 15.1. The van der Waals surface area contributed by atoms with E-state index in [9.17, 15) is 4.79 Å². The van der Waals surface area contributed by atoms with E-state index in [4.69, 9.17) is 9.47 Å². The lowest BCUT2D eigenvalue weighted by Crippen LogP contribution is -2.46. The minimum Gasteiger partial charge on any atom is -0.496 e. The summed E-state index contributed by atoms with van der Waals surface area (Å²) >= 11 is 0. The van der Waals surface area contributed by atoms with Crippen LogP contribution in [0.4, 0.5) is 0 Å². The van der Waals surface area contributed by atoms with Gasteiger partial charge in [0.1, 0.15) is 11.5 Å². The van der Waals surface area contributed by atoms with Gasteiger partial charge in [0.2, 0.25) is 0 Å². The van der Waals surface area contributed by atoms with Crippen LogP contribution < -0.4 is 9.47 Å². The Morgan fingerprint density at radius 3 is 2.75 bits per heavy atom. The first-order valence-corrected chi connectivity index (χ1v) is 10.6. The van der Waals surface area contributed by atoms with Crippen LogP contribution in [0.3, 0.4) is 0 Å². The molecule has 0 N–H and O–H groups in total. The molecule has 1 aromatic carbocycles. The molecular weight excluding hydrogens is 350 g/mol. The third kappa shape index (κ3) is 4.78. The number of benzene rings is 1. The molecule has 4 heteroatoms. The second-order valence-corrected chi connectivity index (χ2v) is 9.18. The molecule has 2 atom stereocenters. The van der Waals surface area contributed by atoms with E-state index in [-0.39, 0.29) is 11.5 Å². The van der Waals surface area contributed by atoms with Gasteiger partial charge in [-0.3, -0.25) is 0 Å². The van der Waals surface area contributed by atoms with Crippen LogP contribution in [0.1, 0.15) is 70.8 Å². The quantitative estimate of drug-likeness (QED) is 0.519. The zero-order valence-electron chi connectivity index (χ0n) is 18.1. The zero-order chi connectivity index (χ0) is 20.3. The van der Waals surface area contributed by atoms with Crippen molar-refractivity contribution in [1.82, 2.24) is 4.90 Å². The molecule has 0 spiro atoms. The van der Waals surface area contributed by atoms with Crippen molar-refractivity contribution in [2.75, 3.05) is 20.7 Å². The number of piperidine rings is 1. The summed E-state index contributed by atoms with van der Waals surface area (Å²) in [5, 5.41) is 0. The molecule has 28 heavy (non-hydrogen) atoms. The number of hydrogen-bond donors (Lipinski definition) is 0. The van der Waals surface area contributed by atoms with Gasteiger partial charge in [0.05, 0.1) is 7.11 Å². The monoisotopic (exact) mass is 385 g/mol. The lowest BCUT2D eigenvalue weighted by atomic mass is 9.79. The van der Waals surface area contributed by atoms with E-state index >= 15 is 0 Å². The summed E-state index contributed by atoms with van der Waals surface area (Å²) in [6, 6.07) is 5.80. The van der Waals surface area contributed by atoms with Crippen molar-refractivity contribution in [3.8, 4) is 11.5 Å². The number of nitrogens with zero attached hydrogens (tertiary/aromatic N) is 1. The van der Waals surface area contributed by atoms with Gasteiger partial charge in [-0.2, -0.15) is 0 Å². The lowest BCUT2D eigenvalue weighted by Gasteiger charge is -2.44. The van der Waals surface area contributed by atoms with Crippen LogP contribution in [-0.2, 0) is 4.79 Å². The van der Waals surface area contributed by atoms with Crippen molar-refractivity contribution < 1.29 is 14.3 Å². The summed E-state index contributed by atoms with van der Waals surface area (Å²) in [5.41, 5.74) is 2.11. The fraction of sp³-hybridized carbons (Fsp3) is 0.625. The predicted octanol–water partition coefficient (Wildman–Crippen LogP) is 5.32. The van der Waals surface area contributed by atoms with E-state index < -0.39 is 0 Å². The number of methoxy groups -OCH3 is 1. The molecule has 0 bridgehead atoms. The normalized spacial score (nSPS) is 25.5. The molecule has 1 heterocycles. The molecule has 1 aromatic rings. The van der Waals surface area contributed by atoms with Crippen LogP contribution >= 0.6 is 0 Å². The van der Waals surface area contributed by atoms with Gasteiger partial charge in [0.15, 0.2) is 0 Å². The van der Waals surface area contributed by atoms with Crippen molar-refractivity contribution in [2.24, 2.45) is 5.92 Å². The maximum absolute atomic E-state index is 12.7. The number of carbonyl (C=O) groups is 1. The fourth-order valence-electron chi connectivity index (χ4n) is 4.44. The fourth-order valence-corrected chi connectivity index (χ4v) is 4.44. The highest BCUT2D eigenvalue weighted by Gasteiger charge is 2.34. The molecular formula is C24H35NO3. The van der Waals surface area contributed by atoms with E-state index in [0.717, 1.165) is 55.5 Å². The predicted molar refractivity (Wildman–Crippen MR) is 113 cm³/mol. The van der Waals surface area contributed by atoms with Crippen LogP contribution in [0.2, 0.25) is 0 Å². The van der Waals surface area contributed by atoms with Crippen molar-refractivity contribution in [1.29, 1.82) is 0 Å². The zero-order valence-corrected chi connectivity index (χ0v) is 18.1. The van der Waals surface area contributed by atoms with Crippen LogP contribution in [0, 0.1) is 5.92 Å². The van der Waals surface area contributed by atoms with Gasteiger partial charge in [-0.05, 0) is 89.6 Å². The first kappa shape index (κ1) is 20.9. The molecule has 0 saturated carbocycles. The molecule has 3 rings (SSSR count). The van der Waals surface area contributed by atoms with Gasteiger partial charge in [0.25, 0.3) is 0 Å².